The molecule has 7 nitrogen and oxygen atoms in total. The lowest BCUT2D eigenvalue weighted by molar-refractivity contribution is 0.115. The van der Waals surface area contributed by atoms with E-state index in [-0.39, 0.29) is 36.9 Å². The van der Waals surface area contributed by atoms with Gasteiger partial charge in [0.1, 0.15) is 0 Å². The maximum atomic E-state index is 11.9. The molecule has 3 heterocycles. The molecule has 0 bridgehead atoms. The highest BCUT2D eigenvalue weighted by atomic mass is 35.5. The van der Waals surface area contributed by atoms with Gasteiger partial charge in [-0.05, 0) is 37.6 Å². The zero-order valence-electron chi connectivity index (χ0n) is 16.2. The molecule has 0 saturated carbocycles. The second-order valence-electron chi connectivity index (χ2n) is 6.61. The molecule has 1 fully saturated rings. The van der Waals surface area contributed by atoms with Gasteiger partial charge >= 0.3 is 6.09 Å². The molecule has 2 aromatic heterocycles. The average molecular weight is 438 g/mol. The lowest BCUT2D eigenvalue weighted by atomic mass is 10.3. The highest BCUT2D eigenvalue weighted by Gasteiger charge is 2.28. The van der Waals surface area contributed by atoms with Gasteiger partial charge in [-0.15, -0.1) is 24.8 Å². The monoisotopic (exact) mass is 437 g/mol. The Morgan fingerprint density at radius 1 is 1.21 bits per heavy atom. The van der Waals surface area contributed by atoms with Crippen molar-refractivity contribution in [2.75, 3.05) is 25.0 Å². The minimum atomic E-state index is -0.246. The summed E-state index contributed by atoms with van der Waals surface area (Å²) in [6.07, 6.45) is 2.42. The SMILES string of the molecule is CCOC(=O)N1CCC(Nc2nc3ccccc3n2Cc2ccccn2)C1.Cl.Cl. The van der Waals surface area contributed by atoms with Crippen LogP contribution in [0.1, 0.15) is 19.0 Å². The highest BCUT2D eigenvalue weighted by molar-refractivity contribution is 5.85. The smallest absolute Gasteiger partial charge is 0.409 e. The van der Waals surface area contributed by atoms with Crippen LogP contribution in [-0.4, -0.2) is 51.3 Å². The summed E-state index contributed by atoms with van der Waals surface area (Å²) in [5, 5.41) is 3.52. The van der Waals surface area contributed by atoms with Crippen molar-refractivity contribution in [1.82, 2.24) is 19.4 Å². The van der Waals surface area contributed by atoms with Gasteiger partial charge in [0.05, 0.1) is 29.9 Å². The molecule has 1 aliphatic heterocycles. The molecule has 9 heteroatoms. The van der Waals surface area contributed by atoms with Gasteiger partial charge in [-0.1, -0.05) is 18.2 Å². The first-order valence-electron chi connectivity index (χ1n) is 9.28. The van der Waals surface area contributed by atoms with E-state index < -0.39 is 0 Å². The number of para-hydroxylation sites is 2. The van der Waals surface area contributed by atoms with Gasteiger partial charge in [0.15, 0.2) is 0 Å². The predicted molar refractivity (Wildman–Crippen MR) is 118 cm³/mol. The van der Waals surface area contributed by atoms with Crippen LogP contribution >= 0.6 is 24.8 Å². The standard InChI is InChI=1S/C20H23N5O2.2ClH/c1-2-27-20(26)24-12-10-16(13-24)22-19-23-17-8-3-4-9-18(17)25(19)14-15-7-5-6-11-21-15;;/h3-9,11,16H,2,10,12-14H2,1H3,(H,22,23);2*1H. The van der Waals surface area contributed by atoms with Crippen LogP contribution in [0, 0.1) is 0 Å². The molecule has 0 aliphatic carbocycles. The largest absolute Gasteiger partial charge is 0.450 e. The third-order valence-corrected chi connectivity index (χ3v) is 4.75. The van der Waals surface area contributed by atoms with E-state index in [9.17, 15) is 4.79 Å². The minimum absolute atomic E-state index is 0. The first-order valence-corrected chi connectivity index (χ1v) is 9.28. The average Bonchev–Trinajstić information content (AvgIpc) is 3.29. The number of likely N-dealkylation sites (tertiary alicyclic amines) is 1. The molecule has 4 rings (SSSR count). The van der Waals surface area contributed by atoms with Crippen molar-refractivity contribution >= 4 is 47.9 Å². The van der Waals surface area contributed by atoms with E-state index in [1.165, 1.54) is 0 Å². The molecular weight excluding hydrogens is 413 g/mol. The number of carbonyl (C=O) groups excluding carboxylic acids is 1. The number of anilines is 1. The van der Waals surface area contributed by atoms with Gasteiger partial charge in [0.2, 0.25) is 5.95 Å². The van der Waals surface area contributed by atoms with E-state index in [1.807, 2.05) is 43.3 Å². The number of amides is 1. The molecule has 156 valence electrons. The Kier molecular flexibility index (Phi) is 8.10. The van der Waals surface area contributed by atoms with Crippen LogP contribution in [0.4, 0.5) is 10.7 Å². The molecular formula is C20H25Cl2N5O2. The van der Waals surface area contributed by atoms with Crippen LogP contribution in [0.2, 0.25) is 0 Å². The van der Waals surface area contributed by atoms with Crippen molar-refractivity contribution in [2.24, 2.45) is 0 Å². The van der Waals surface area contributed by atoms with E-state index >= 15 is 0 Å². The van der Waals surface area contributed by atoms with Gasteiger partial charge in [0, 0.05) is 25.3 Å². The van der Waals surface area contributed by atoms with Crippen molar-refractivity contribution < 1.29 is 9.53 Å². The molecule has 1 atom stereocenters. The fourth-order valence-corrected chi connectivity index (χ4v) is 3.44. The molecule has 0 radical (unpaired) electrons. The van der Waals surface area contributed by atoms with Gasteiger partial charge in [-0.25, -0.2) is 9.78 Å². The van der Waals surface area contributed by atoms with Crippen molar-refractivity contribution in [3.8, 4) is 0 Å². The number of hydrogen-bond donors (Lipinski definition) is 1. The Bertz CT molecular complexity index is 935. The third-order valence-electron chi connectivity index (χ3n) is 4.75. The van der Waals surface area contributed by atoms with Crippen LogP contribution in [-0.2, 0) is 11.3 Å². The number of rotatable bonds is 5. The zero-order valence-corrected chi connectivity index (χ0v) is 17.8. The topological polar surface area (TPSA) is 72.3 Å². The summed E-state index contributed by atoms with van der Waals surface area (Å²) in [7, 11) is 0. The van der Waals surface area contributed by atoms with Crippen LogP contribution in [0.25, 0.3) is 11.0 Å². The zero-order chi connectivity index (χ0) is 18.6. The number of aromatic nitrogens is 3. The summed E-state index contributed by atoms with van der Waals surface area (Å²) < 4.78 is 7.25. The first kappa shape index (κ1) is 22.8. The van der Waals surface area contributed by atoms with Gasteiger partial charge in [-0.2, -0.15) is 0 Å². The van der Waals surface area contributed by atoms with E-state index in [1.54, 1.807) is 11.1 Å². The number of nitrogens with zero attached hydrogens (tertiary/aromatic N) is 4. The summed E-state index contributed by atoms with van der Waals surface area (Å²) in [6, 6.07) is 14.1. The van der Waals surface area contributed by atoms with Crippen molar-refractivity contribution in [3.05, 3.63) is 54.4 Å². The molecule has 1 aliphatic rings. The number of pyridine rings is 1. The predicted octanol–water partition coefficient (Wildman–Crippen LogP) is 3.97. The lowest BCUT2D eigenvalue weighted by Crippen LogP contribution is -2.32. The summed E-state index contributed by atoms with van der Waals surface area (Å²) >= 11 is 0. The fourth-order valence-electron chi connectivity index (χ4n) is 3.44. The summed E-state index contributed by atoms with van der Waals surface area (Å²) in [5.74, 6) is 0.803. The number of imidazole rings is 1. The van der Waals surface area contributed by atoms with Gasteiger partial charge in [-0.3, -0.25) is 4.98 Å². The molecule has 1 amide bonds. The van der Waals surface area contributed by atoms with Crippen molar-refractivity contribution in [2.45, 2.75) is 25.9 Å². The number of benzene rings is 1. The van der Waals surface area contributed by atoms with E-state index in [4.69, 9.17) is 9.72 Å². The number of carbonyl (C=O) groups is 1. The Morgan fingerprint density at radius 3 is 2.76 bits per heavy atom. The molecule has 3 aromatic rings. The maximum absolute atomic E-state index is 11.9. The summed E-state index contributed by atoms with van der Waals surface area (Å²) in [6.45, 7) is 4.16. The van der Waals surface area contributed by atoms with Gasteiger partial charge in [0.25, 0.3) is 0 Å². The third kappa shape index (κ3) is 5.10. The van der Waals surface area contributed by atoms with E-state index in [0.29, 0.717) is 26.2 Å². The fraction of sp³-hybridized carbons (Fsp3) is 0.350. The van der Waals surface area contributed by atoms with Crippen LogP contribution < -0.4 is 5.32 Å². The number of hydrogen-bond acceptors (Lipinski definition) is 5. The number of halogens is 2. The first-order chi connectivity index (χ1) is 13.2. The Hall–Kier alpha value is -2.51. The Morgan fingerprint density at radius 2 is 2.00 bits per heavy atom. The second kappa shape index (κ2) is 10.3. The van der Waals surface area contributed by atoms with Crippen molar-refractivity contribution in [1.29, 1.82) is 0 Å². The molecule has 1 unspecified atom stereocenters. The Balaban J connectivity index is 0.00000150. The van der Waals surface area contributed by atoms with E-state index in [0.717, 1.165) is 29.1 Å². The van der Waals surface area contributed by atoms with Crippen LogP contribution in [0.15, 0.2) is 48.7 Å². The molecule has 29 heavy (non-hydrogen) atoms. The molecule has 1 aromatic carbocycles. The summed E-state index contributed by atoms with van der Waals surface area (Å²) in [5.41, 5.74) is 2.98. The number of ether oxygens (including phenoxy) is 1. The normalized spacial score (nSPS) is 15.5. The highest BCUT2D eigenvalue weighted by Crippen LogP contribution is 2.23. The van der Waals surface area contributed by atoms with Crippen LogP contribution in [0.5, 0.6) is 0 Å². The van der Waals surface area contributed by atoms with Crippen LogP contribution in [0.3, 0.4) is 0 Å². The Labute approximate surface area is 182 Å². The van der Waals surface area contributed by atoms with Gasteiger partial charge < -0.3 is 19.5 Å². The molecule has 0 spiro atoms. The second-order valence-corrected chi connectivity index (χ2v) is 6.61. The lowest BCUT2D eigenvalue weighted by Gasteiger charge is -2.17. The number of fused-ring (bicyclic) bond motifs is 1. The summed E-state index contributed by atoms with van der Waals surface area (Å²) in [4.78, 5) is 22.9. The maximum Gasteiger partial charge on any atom is 0.409 e. The molecule has 1 saturated heterocycles. The number of nitrogens with one attached hydrogen (secondary N) is 1. The molecule has 1 N–H and O–H groups in total. The quantitative estimate of drug-likeness (QED) is 0.653. The van der Waals surface area contributed by atoms with E-state index in [2.05, 4.69) is 20.9 Å². The minimum Gasteiger partial charge on any atom is -0.450 e. The van der Waals surface area contributed by atoms with Crippen molar-refractivity contribution in [3.63, 3.8) is 0 Å².